The van der Waals surface area contributed by atoms with E-state index in [2.05, 4.69) is 20.8 Å². The second-order valence-electron chi connectivity index (χ2n) is 5.08. The van der Waals surface area contributed by atoms with Crippen LogP contribution in [0.3, 0.4) is 0 Å². The fourth-order valence-electron chi connectivity index (χ4n) is 2.14. The van der Waals surface area contributed by atoms with Crippen LogP contribution in [0.5, 0.6) is 0 Å². The van der Waals surface area contributed by atoms with Crippen LogP contribution >= 0.6 is 11.6 Å². The number of amides is 2. The van der Waals surface area contributed by atoms with E-state index in [1.54, 1.807) is 12.1 Å². The SMILES string of the molecule is CNC(=O)c1ccc(NC(=O)c2cnn(-c3ccccc3)n2)c(Cl)c1. The van der Waals surface area contributed by atoms with Crippen molar-refractivity contribution < 1.29 is 9.59 Å². The number of aromatic nitrogens is 3. The normalized spacial score (nSPS) is 10.3. The first-order valence-electron chi connectivity index (χ1n) is 7.39. The predicted octanol–water partition coefficient (Wildman–Crippen LogP) is 2.53. The highest BCUT2D eigenvalue weighted by molar-refractivity contribution is 6.34. The molecule has 3 aromatic rings. The van der Waals surface area contributed by atoms with Crippen LogP contribution in [-0.4, -0.2) is 33.9 Å². The Balaban J connectivity index is 1.77. The third kappa shape index (κ3) is 3.67. The van der Waals surface area contributed by atoms with Crippen LogP contribution < -0.4 is 10.6 Å². The Bertz CT molecular complexity index is 924. The zero-order chi connectivity index (χ0) is 17.8. The first-order valence-corrected chi connectivity index (χ1v) is 7.77. The summed E-state index contributed by atoms with van der Waals surface area (Å²) in [6, 6.07) is 13.9. The van der Waals surface area contributed by atoms with Crippen molar-refractivity contribution in [3.8, 4) is 5.69 Å². The van der Waals surface area contributed by atoms with Crippen LogP contribution in [0.1, 0.15) is 20.8 Å². The lowest BCUT2D eigenvalue weighted by Crippen LogP contribution is -2.18. The Labute approximate surface area is 148 Å². The average Bonchev–Trinajstić information content (AvgIpc) is 3.13. The van der Waals surface area contributed by atoms with Gasteiger partial charge in [-0.1, -0.05) is 29.8 Å². The number of para-hydroxylation sites is 1. The number of carbonyl (C=O) groups is 2. The molecule has 0 atom stereocenters. The molecule has 2 aromatic carbocycles. The fraction of sp³-hybridized carbons (Fsp3) is 0.0588. The number of hydrogen-bond donors (Lipinski definition) is 2. The predicted molar refractivity (Wildman–Crippen MR) is 94.2 cm³/mol. The van der Waals surface area contributed by atoms with Gasteiger partial charge in [0, 0.05) is 12.6 Å². The molecule has 3 rings (SSSR count). The van der Waals surface area contributed by atoms with Crippen molar-refractivity contribution in [3.63, 3.8) is 0 Å². The molecule has 0 aliphatic heterocycles. The highest BCUT2D eigenvalue weighted by atomic mass is 35.5. The van der Waals surface area contributed by atoms with Crippen molar-refractivity contribution >= 4 is 29.1 Å². The average molecular weight is 356 g/mol. The van der Waals surface area contributed by atoms with Gasteiger partial charge in [0.25, 0.3) is 11.8 Å². The summed E-state index contributed by atoms with van der Waals surface area (Å²) in [4.78, 5) is 25.3. The summed E-state index contributed by atoms with van der Waals surface area (Å²) < 4.78 is 0. The number of nitrogens with one attached hydrogen (secondary N) is 2. The number of hydrogen-bond acceptors (Lipinski definition) is 4. The summed E-state index contributed by atoms with van der Waals surface area (Å²) in [5, 5.41) is 13.6. The number of rotatable bonds is 4. The van der Waals surface area contributed by atoms with Gasteiger partial charge in [-0.2, -0.15) is 9.90 Å². The van der Waals surface area contributed by atoms with Gasteiger partial charge in [-0.3, -0.25) is 9.59 Å². The maximum Gasteiger partial charge on any atom is 0.277 e. The Morgan fingerprint density at radius 1 is 1.08 bits per heavy atom. The summed E-state index contributed by atoms with van der Waals surface area (Å²) in [6.07, 6.45) is 1.37. The molecule has 2 N–H and O–H groups in total. The number of carbonyl (C=O) groups excluding carboxylic acids is 2. The lowest BCUT2D eigenvalue weighted by molar-refractivity contribution is 0.0962. The van der Waals surface area contributed by atoms with Crippen molar-refractivity contribution in [1.82, 2.24) is 20.3 Å². The third-order valence-corrected chi connectivity index (χ3v) is 3.73. The molecule has 0 unspecified atom stereocenters. The summed E-state index contributed by atoms with van der Waals surface area (Å²) in [5.74, 6) is -0.706. The Kier molecular flexibility index (Phi) is 4.76. The molecule has 126 valence electrons. The third-order valence-electron chi connectivity index (χ3n) is 3.42. The van der Waals surface area contributed by atoms with Gasteiger partial charge in [0.05, 0.1) is 22.6 Å². The first-order chi connectivity index (χ1) is 12.1. The van der Waals surface area contributed by atoms with Crippen molar-refractivity contribution in [2.45, 2.75) is 0 Å². The van der Waals surface area contributed by atoms with E-state index < -0.39 is 5.91 Å². The zero-order valence-electron chi connectivity index (χ0n) is 13.2. The van der Waals surface area contributed by atoms with Gasteiger partial charge in [-0.05, 0) is 30.3 Å². The molecule has 8 heteroatoms. The summed E-state index contributed by atoms with van der Waals surface area (Å²) in [7, 11) is 1.53. The number of anilines is 1. The summed E-state index contributed by atoms with van der Waals surface area (Å²) >= 11 is 6.13. The van der Waals surface area contributed by atoms with E-state index in [1.807, 2.05) is 30.3 Å². The van der Waals surface area contributed by atoms with E-state index in [4.69, 9.17) is 11.6 Å². The molecular weight excluding hydrogens is 342 g/mol. The minimum absolute atomic E-state index is 0.148. The molecule has 7 nitrogen and oxygen atoms in total. The van der Waals surface area contributed by atoms with Crippen LogP contribution in [0, 0.1) is 0 Å². The minimum Gasteiger partial charge on any atom is -0.355 e. The van der Waals surface area contributed by atoms with Gasteiger partial charge >= 0.3 is 0 Å². The van der Waals surface area contributed by atoms with Gasteiger partial charge in [0.15, 0.2) is 5.69 Å². The maximum atomic E-state index is 12.3. The van der Waals surface area contributed by atoms with Crippen molar-refractivity contribution in [1.29, 1.82) is 0 Å². The molecule has 0 radical (unpaired) electrons. The van der Waals surface area contributed by atoms with Gasteiger partial charge in [-0.15, -0.1) is 5.10 Å². The van der Waals surface area contributed by atoms with Crippen LogP contribution in [0.4, 0.5) is 5.69 Å². The first kappa shape index (κ1) is 16.7. The molecule has 2 amide bonds. The highest BCUT2D eigenvalue weighted by Crippen LogP contribution is 2.23. The molecule has 0 saturated carbocycles. The topological polar surface area (TPSA) is 88.9 Å². The van der Waals surface area contributed by atoms with E-state index in [1.165, 1.54) is 24.1 Å². The van der Waals surface area contributed by atoms with Gasteiger partial charge in [-0.25, -0.2) is 0 Å². The van der Waals surface area contributed by atoms with E-state index in [9.17, 15) is 9.59 Å². The molecular formula is C17H14ClN5O2. The molecule has 0 spiro atoms. The second kappa shape index (κ2) is 7.14. The van der Waals surface area contributed by atoms with Gasteiger partial charge in [0.2, 0.25) is 0 Å². The smallest absolute Gasteiger partial charge is 0.277 e. The van der Waals surface area contributed by atoms with E-state index in [0.29, 0.717) is 11.3 Å². The van der Waals surface area contributed by atoms with Crippen LogP contribution in [0.15, 0.2) is 54.7 Å². The Hall–Kier alpha value is -3.19. The largest absolute Gasteiger partial charge is 0.355 e. The monoisotopic (exact) mass is 355 g/mol. The summed E-state index contributed by atoms with van der Waals surface area (Å²) in [6.45, 7) is 0. The molecule has 1 aromatic heterocycles. The lowest BCUT2D eigenvalue weighted by Gasteiger charge is -2.07. The molecule has 0 saturated heterocycles. The highest BCUT2D eigenvalue weighted by Gasteiger charge is 2.14. The van der Waals surface area contributed by atoms with Crippen LogP contribution in [0.2, 0.25) is 5.02 Å². The standard InChI is InChI=1S/C17H14ClN5O2/c1-19-16(24)11-7-8-14(13(18)9-11)21-17(25)15-10-20-23(22-15)12-5-3-2-4-6-12/h2-10H,1H3,(H,19,24)(H,21,25). The molecule has 1 heterocycles. The Morgan fingerprint density at radius 2 is 1.84 bits per heavy atom. The van der Waals surface area contributed by atoms with Crippen molar-refractivity contribution in [2.24, 2.45) is 0 Å². The van der Waals surface area contributed by atoms with Crippen LogP contribution in [-0.2, 0) is 0 Å². The molecule has 0 aliphatic rings. The molecule has 0 fully saturated rings. The van der Waals surface area contributed by atoms with Crippen molar-refractivity contribution in [3.05, 3.63) is 71.0 Å². The van der Waals surface area contributed by atoms with Gasteiger partial charge < -0.3 is 10.6 Å². The molecule has 0 aliphatic carbocycles. The lowest BCUT2D eigenvalue weighted by atomic mass is 10.2. The van der Waals surface area contributed by atoms with E-state index in [0.717, 1.165) is 5.69 Å². The fourth-order valence-corrected chi connectivity index (χ4v) is 2.37. The van der Waals surface area contributed by atoms with E-state index in [-0.39, 0.29) is 16.6 Å². The molecule has 25 heavy (non-hydrogen) atoms. The number of halogens is 1. The van der Waals surface area contributed by atoms with Gasteiger partial charge in [0.1, 0.15) is 0 Å². The quantitative estimate of drug-likeness (QED) is 0.752. The number of benzene rings is 2. The zero-order valence-corrected chi connectivity index (χ0v) is 14.0. The van der Waals surface area contributed by atoms with E-state index >= 15 is 0 Å². The Morgan fingerprint density at radius 3 is 2.52 bits per heavy atom. The summed E-state index contributed by atoms with van der Waals surface area (Å²) in [5.41, 5.74) is 1.68. The minimum atomic E-state index is -0.447. The number of nitrogens with zero attached hydrogens (tertiary/aromatic N) is 3. The van der Waals surface area contributed by atoms with Crippen LogP contribution in [0.25, 0.3) is 5.69 Å². The molecule has 0 bridgehead atoms. The van der Waals surface area contributed by atoms with Crippen molar-refractivity contribution in [2.75, 3.05) is 12.4 Å². The second-order valence-corrected chi connectivity index (χ2v) is 5.49. The maximum absolute atomic E-state index is 12.3.